The topological polar surface area (TPSA) is 20.3 Å². The summed E-state index contributed by atoms with van der Waals surface area (Å²) in [5.41, 5.74) is 3.02. The van der Waals surface area contributed by atoms with Crippen molar-refractivity contribution in [2.75, 3.05) is 4.90 Å². The third-order valence-corrected chi connectivity index (χ3v) is 4.62. The molecule has 4 heteroatoms. The highest BCUT2D eigenvalue weighted by molar-refractivity contribution is 7.07. The van der Waals surface area contributed by atoms with Gasteiger partial charge >= 0.3 is 0 Å². The molecule has 1 aliphatic carbocycles. The van der Waals surface area contributed by atoms with Crippen molar-refractivity contribution < 1.29 is 4.79 Å². The van der Waals surface area contributed by atoms with E-state index in [-0.39, 0.29) is 5.78 Å². The van der Waals surface area contributed by atoms with E-state index >= 15 is 0 Å². The predicted octanol–water partition coefficient (Wildman–Crippen LogP) is 4.77. The van der Waals surface area contributed by atoms with Crippen LogP contribution in [0, 0.1) is 0 Å². The van der Waals surface area contributed by atoms with Crippen molar-refractivity contribution in [3.05, 3.63) is 51.2 Å². The molecule has 1 fully saturated rings. The molecule has 0 aliphatic heterocycles. The van der Waals surface area contributed by atoms with Gasteiger partial charge < -0.3 is 4.90 Å². The summed E-state index contributed by atoms with van der Waals surface area (Å²) in [6.07, 6.45) is 2.43. The van der Waals surface area contributed by atoms with Crippen molar-refractivity contribution >= 4 is 34.4 Å². The first-order chi connectivity index (χ1) is 9.65. The van der Waals surface area contributed by atoms with E-state index in [1.807, 2.05) is 12.1 Å². The Labute approximate surface area is 128 Å². The largest absolute Gasteiger partial charge is 0.363 e. The van der Waals surface area contributed by atoms with Crippen LogP contribution in [0.4, 0.5) is 5.69 Å². The van der Waals surface area contributed by atoms with Crippen molar-refractivity contribution in [3.63, 3.8) is 0 Å². The summed E-state index contributed by atoms with van der Waals surface area (Å²) in [6, 6.07) is 8.35. The molecule has 0 bridgehead atoms. The molecular weight excluding hydrogens is 290 g/mol. The standard InChI is InChI=1S/C16H16ClNOS/c1-11(19)13-2-5-16(15(17)8-13)18(14-3-4-14)9-12-6-7-20-10-12/h2,5-8,10,14H,3-4,9H2,1H3. The van der Waals surface area contributed by atoms with Crippen LogP contribution in [0.1, 0.15) is 35.7 Å². The molecule has 0 atom stereocenters. The molecule has 104 valence electrons. The van der Waals surface area contributed by atoms with Gasteiger partial charge in [0.1, 0.15) is 0 Å². The minimum atomic E-state index is 0.0502. The van der Waals surface area contributed by atoms with E-state index in [1.165, 1.54) is 18.4 Å². The molecule has 0 spiro atoms. The molecule has 1 aromatic carbocycles. The minimum Gasteiger partial charge on any atom is -0.363 e. The number of carbonyl (C=O) groups excluding carboxylic acids is 1. The van der Waals surface area contributed by atoms with E-state index in [0.717, 1.165) is 12.2 Å². The maximum atomic E-state index is 11.4. The third kappa shape index (κ3) is 2.89. The SMILES string of the molecule is CC(=O)c1ccc(N(Cc2ccsc2)C2CC2)c(Cl)c1. The molecule has 0 radical (unpaired) electrons. The smallest absolute Gasteiger partial charge is 0.159 e. The first-order valence-corrected chi connectivity index (χ1v) is 8.05. The van der Waals surface area contributed by atoms with Gasteiger partial charge in [-0.2, -0.15) is 11.3 Å². The molecule has 2 nitrogen and oxygen atoms in total. The molecule has 0 N–H and O–H groups in total. The number of ketones is 1. The summed E-state index contributed by atoms with van der Waals surface area (Å²) in [6.45, 7) is 2.45. The van der Waals surface area contributed by atoms with Gasteiger partial charge in [0.2, 0.25) is 0 Å². The number of hydrogen-bond acceptors (Lipinski definition) is 3. The summed E-state index contributed by atoms with van der Waals surface area (Å²) < 4.78 is 0. The van der Waals surface area contributed by atoms with Crippen LogP contribution in [0.2, 0.25) is 5.02 Å². The maximum absolute atomic E-state index is 11.4. The average molecular weight is 306 g/mol. The number of anilines is 1. The zero-order valence-electron chi connectivity index (χ0n) is 11.3. The normalized spacial score (nSPS) is 14.3. The van der Waals surface area contributed by atoms with Crippen LogP contribution in [0.25, 0.3) is 0 Å². The highest BCUT2D eigenvalue weighted by Gasteiger charge is 2.30. The summed E-state index contributed by atoms with van der Waals surface area (Å²) >= 11 is 8.10. The Morgan fingerprint density at radius 1 is 1.40 bits per heavy atom. The molecule has 0 amide bonds. The van der Waals surface area contributed by atoms with Crippen LogP contribution < -0.4 is 4.90 Å². The molecule has 0 saturated heterocycles. The molecular formula is C16H16ClNOS. The lowest BCUT2D eigenvalue weighted by Crippen LogP contribution is -2.25. The minimum absolute atomic E-state index is 0.0502. The number of thiophene rings is 1. The van der Waals surface area contributed by atoms with Gasteiger partial charge in [-0.15, -0.1) is 0 Å². The van der Waals surface area contributed by atoms with E-state index in [2.05, 4.69) is 21.7 Å². The van der Waals surface area contributed by atoms with E-state index in [1.54, 1.807) is 24.3 Å². The second-order valence-electron chi connectivity index (χ2n) is 5.21. The van der Waals surface area contributed by atoms with E-state index in [0.29, 0.717) is 16.6 Å². The Morgan fingerprint density at radius 3 is 2.75 bits per heavy atom. The molecule has 1 aliphatic rings. The monoisotopic (exact) mass is 305 g/mol. The molecule has 1 aromatic heterocycles. The molecule has 1 heterocycles. The van der Waals surface area contributed by atoms with Crippen LogP contribution in [0.5, 0.6) is 0 Å². The molecule has 0 unspecified atom stereocenters. The van der Waals surface area contributed by atoms with Crippen LogP contribution >= 0.6 is 22.9 Å². The van der Waals surface area contributed by atoms with E-state index < -0.39 is 0 Å². The summed E-state index contributed by atoms with van der Waals surface area (Å²) in [5.74, 6) is 0.0502. The van der Waals surface area contributed by atoms with Crippen LogP contribution in [-0.4, -0.2) is 11.8 Å². The first kappa shape index (κ1) is 13.7. The van der Waals surface area contributed by atoms with Gasteiger partial charge in [-0.25, -0.2) is 0 Å². The number of hydrogen-bond donors (Lipinski definition) is 0. The number of halogens is 1. The number of Topliss-reactive ketones (excluding diaryl/α,β-unsaturated/α-hetero) is 1. The van der Waals surface area contributed by atoms with E-state index in [4.69, 9.17) is 11.6 Å². The third-order valence-electron chi connectivity index (χ3n) is 3.58. The summed E-state index contributed by atoms with van der Waals surface area (Å²) in [5, 5.41) is 4.94. The average Bonchev–Trinajstić information content (AvgIpc) is 3.14. The van der Waals surface area contributed by atoms with Gasteiger partial charge in [-0.05, 0) is 60.4 Å². The van der Waals surface area contributed by atoms with Crippen LogP contribution in [0.15, 0.2) is 35.0 Å². The van der Waals surface area contributed by atoms with Crippen molar-refractivity contribution in [1.82, 2.24) is 0 Å². The van der Waals surface area contributed by atoms with Crippen molar-refractivity contribution in [2.24, 2.45) is 0 Å². The number of carbonyl (C=O) groups is 1. The molecule has 20 heavy (non-hydrogen) atoms. The highest BCUT2D eigenvalue weighted by Crippen LogP contribution is 2.37. The second kappa shape index (κ2) is 5.58. The van der Waals surface area contributed by atoms with Gasteiger partial charge in [-0.1, -0.05) is 11.6 Å². The van der Waals surface area contributed by atoms with Gasteiger partial charge in [0, 0.05) is 18.2 Å². The molecule has 1 saturated carbocycles. The molecule has 2 aromatic rings. The van der Waals surface area contributed by atoms with Gasteiger partial charge in [-0.3, -0.25) is 4.79 Å². The lowest BCUT2D eigenvalue weighted by molar-refractivity contribution is 0.101. The zero-order valence-corrected chi connectivity index (χ0v) is 12.9. The Kier molecular flexibility index (Phi) is 3.81. The number of benzene rings is 1. The van der Waals surface area contributed by atoms with Crippen molar-refractivity contribution in [1.29, 1.82) is 0 Å². The fourth-order valence-electron chi connectivity index (χ4n) is 2.34. The van der Waals surface area contributed by atoms with Gasteiger partial charge in [0.15, 0.2) is 5.78 Å². The van der Waals surface area contributed by atoms with E-state index in [9.17, 15) is 4.79 Å². The summed E-state index contributed by atoms with van der Waals surface area (Å²) in [7, 11) is 0. The quantitative estimate of drug-likeness (QED) is 0.741. The first-order valence-electron chi connectivity index (χ1n) is 6.73. The van der Waals surface area contributed by atoms with Crippen molar-refractivity contribution in [2.45, 2.75) is 32.4 Å². The summed E-state index contributed by atoms with van der Waals surface area (Å²) in [4.78, 5) is 13.8. The Morgan fingerprint density at radius 2 is 2.20 bits per heavy atom. The second-order valence-corrected chi connectivity index (χ2v) is 6.40. The molecule has 3 rings (SSSR count). The lowest BCUT2D eigenvalue weighted by Gasteiger charge is -2.25. The van der Waals surface area contributed by atoms with Crippen LogP contribution in [0.3, 0.4) is 0 Å². The fraction of sp³-hybridized carbons (Fsp3) is 0.312. The predicted molar refractivity (Wildman–Crippen MR) is 85.0 cm³/mol. The Balaban J connectivity index is 1.89. The van der Waals surface area contributed by atoms with Crippen LogP contribution in [-0.2, 0) is 6.54 Å². The number of nitrogens with zero attached hydrogens (tertiary/aromatic N) is 1. The fourth-order valence-corrected chi connectivity index (χ4v) is 3.28. The Bertz CT molecular complexity index is 619. The van der Waals surface area contributed by atoms with Crippen molar-refractivity contribution in [3.8, 4) is 0 Å². The maximum Gasteiger partial charge on any atom is 0.159 e. The van der Waals surface area contributed by atoms with Gasteiger partial charge in [0.25, 0.3) is 0 Å². The Hall–Kier alpha value is -1.32. The lowest BCUT2D eigenvalue weighted by atomic mass is 10.1. The van der Waals surface area contributed by atoms with Gasteiger partial charge in [0.05, 0.1) is 10.7 Å². The highest BCUT2D eigenvalue weighted by atomic mass is 35.5. The number of rotatable bonds is 5. The zero-order chi connectivity index (χ0) is 14.1.